The minimum absolute atomic E-state index is 0.171. The Balaban J connectivity index is 1.21. The SMILES string of the molecule is Cc1ccccc1N1CCN(C(=O)Nc2ccc3c(c2)CN(C2CCC(=O)NC2=O)C3=O)CC1. The van der Waals surface area contributed by atoms with E-state index < -0.39 is 11.9 Å². The van der Waals surface area contributed by atoms with Crippen LogP contribution in [0.1, 0.15) is 34.3 Å². The van der Waals surface area contributed by atoms with E-state index in [0.717, 1.165) is 18.7 Å². The summed E-state index contributed by atoms with van der Waals surface area (Å²) in [6, 6.07) is 12.6. The number of para-hydroxylation sites is 1. The summed E-state index contributed by atoms with van der Waals surface area (Å²) >= 11 is 0. The first kappa shape index (κ1) is 21.9. The molecule has 3 aliphatic rings. The number of rotatable bonds is 3. The molecule has 5 amide bonds. The van der Waals surface area contributed by atoms with Crippen LogP contribution in [-0.2, 0) is 16.1 Å². The standard InChI is InChI=1S/C25H27N5O4/c1-16-4-2-3-5-20(16)28-10-12-29(13-11-28)25(34)26-18-6-7-19-17(14-18)15-30(24(19)33)21-8-9-22(31)27-23(21)32/h2-7,14,21H,8-13,15H2,1H3,(H,26,34)(H,27,31,32). The molecule has 2 saturated heterocycles. The highest BCUT2D eigenvalue weighted by Gasteiger charge is 2.39. The van der Waals surface area contributed by atoms with Crippen molar-refractivity contribution >= 4 is 35.1 Å². The summed E-state index contributed by atoms with van der Waals surface area (Å²) in [5.41, 5.74) is 4.32. The number of fused-ring (bicyclic) bond motifs is 1. The summed E-state index contributed by atoms with van der Waals surface area (Å²) in [6.07, 6.45) is 0.539. The van der Waals surface area contributed by atoms with Crippen molar-refractivity contribution in [2.24, 2.45) is 0 Å². The highest BCUT2D eigenvalue weighted by molar-refractivity contribution is 6.05. The van der Waals surface area contributed by atoms with Crippen LogP contribution in [-0.4, -0.2) is 65.8 Å². The zero-order valence-corrected chi connectivity index (χ0v) is 19.0. The monoisotopic (exact) mass is 461 g/mol. The molecule has 0 radical (unpaired) electrons. The van der Waals surface area contributed by atoms with Gasteiger partial charge in [-0.05, 0) is 48.7 Å². The lowest BCUT2D eigenvalue weighted by Gasteiger charge is -2.36. The van der Waals surface area contributed by atoms with Crippen molar-refractivity contribution < 1.29 is 19.2 Å². The molecule has 0 aromatic heterocycles. The van der Waals surface area contributed by atoms with Gasteiger partial charge in [0, 0.05) is 56.1 Å². The number of piperidine rings is 1. The molecule has 2 fully saturated rings. The van der Waals surface area contributed by atoms with E-state index in [0.29, 0.717) is 30.8 Å². The number of anilines is 2. The van der Waals surface area contributed by atoms with E-state index in [1.165, 1.54) is 16.2 Å². The Kier molecular flexibility index (Phi) is 5.69. The number of nitrogens with zero attached hydrogens (tertiary/aromatic N) is 3. The molecule has 9 heteroatoms. The minimum Gasteiger partial charge on any atom is -0.368 e. The third-order valence-electron chi connectivity index (χ3n) is 6.80. The fourth-order valence-electron chi connectivity index (χ4n) is 4.92. The molecule has 0 bridgehead atoms. The van der Waals surface area contributed by atoms with Gasteiger partial charge in [-0.3, -0.25) is 19.7 Å². The molecule has 34 heavy (non-hydrogen) atoms. The molecule has 2 aromatic carbocycles. The number of piperazine rings is 1. The van der Waals surface area contributed by atoms with Crippen LogP contribution in [0.5, 0.6) is 0 Å². The Morgan fingerprint density at radius 3 is 2.53 bits per heavy atom. The molecule has 9 nitrogen and oxygen atoms in total. The molecule has 0 aliphatic carbocycles. The Morgan fingerprint density at radius 2 is 1.79 bits per heavy atom. The second-order valence-corrected chi connectivity index (χ2v) is 8.96. The number of hydrogen-bond donors (Lipinski definition) is 2. The van der Waals surface area contributed by atoms with Gasteiger partial charge in [-0.25, -0.2) is 4.79 Å². The van der Waals surface area contributed by atoms with Gasteiger partial charge >= 0.3 is 6.03 Å². The van der Waals surface area contributed by atoms with Gasteiger partial charge in [0.05, 0.1) is 0 Å². The molecule has 5 rings (SSSR count). The van der Waals surface area contributed by atoms with Crippen LogP contribution in [0, 0.1) is 6.92 Å². The summed E-state index contributed by atoms with van der Waals surface area (Å²) in [6.45, 7) is 5.13. The number of nitrogens with one attached hydrogen (secondary N) is 2. The van der Waals surface area contributed by atoms with E-state index in [1.807, 2.05) is 12.1 Å². The predicted octanol–water partition coefficient (Wildman–Crippen LogP) is 2.11. The lowest BCUT2D eigenvalue weighted by atomic mass is 10.0. The van der Waals surface area contributed by atoms with Crippen LogP contribution >= 0.6 is 0 Å². The molecule has 3 heterocycles. The van der Waals surface area contributed by atoms with Gasteiger partial charge in [0.25, 0.3) is 5.91 Å². The van der Waals surface area contributed by atoms with Gasteiger partial charge in [-0.2, -0.15) is 0 Å². The number of carbonyl (C=O) groups excluding carboxylic acids is 4. The molecular weight excluding hydrogens is 434 g/mol. The van der Waals surface area contributed by atoms with Crippen LogP contribution in [0.4, 0.5) is 16.2 Å². The maximum atomic E-state index is 12.9. The number of hydrogen-bond acceptors (Lipinski definition) is 5. The van der Waals surface area contributed by atoms with E-state index in [4.69, 9.17) is 0 Å². The number of imide groups is 1. The van der Waals surface area contributed by atoms with Crippen LogP contribution in [0.3, 0.4) is 0 Å². The summed E-state index contributed by atoms with van der Waals surface area (Å²) in [7, 11) is 0. The van der Waals surface area contributed by atoms with Crippen molar-refractivity contribution in [1.82, 2.24) is 15.1 Å². The van der Waals surface area contributed by atoms with Crippen molar-refractivity contribution in [2.75, 3.05) is 36.4 Å². The third-order valence-corrected chi connectivity index (χ3v) is 6.80. The molecule has 2 aromatic rings. The molecule has 1 atom stereocenters. The maximum absolute atomic E-state index is 12.9. The van der Waals surface area contributed by atoms with Crippen LogP contribution in [0.15, 0.2) is 42.5 Å². The molecule has 0 spiro atoms. The van der Waals surface area contributed by atoms with Gasteiger partial charge in [0.2, 0.25) is 11.8 Å². The van der Waals surface area contributed by atoms with Crippen LogP contribution in [0.25, 0.3) is 0 Å². The summed E-state index contributed by atoms with van der Waals surface area (Å²) in [5.74, 6) is -0.972. The fourth-order valence-corrected chi connectivity index (χ4v) is 4.92. The Morgan fingerprint density at radius 1 is 1.03 bits per heavy atom. The normalized spacial score (nSPS) is 20.3. The van der Waals surface area contributed by atoms with Gasteiger partial charge < -0.3 is 20.0 Å². The molecule has 176 valence electrons. The molecule has 0 saturated carbocycles. The van der Waals surface area contributed by atoms with Crippen molar-refractivity contribution in [3.63, 3.8) is 0 Å². The number of benzene rings is 2. The summed E-state index contributed by atoms with van der Waals surface area (Å²) in [4.78, 5) is 54.9. The minimum atomic E-state index is -0.653. The first-order chi connectivity index (χ1) is 16.4. The third kappa shape index (κ3) is 4.09. The number of carbonyl (C=O) groups is 4. The second-order valence-electron chi connectivity index (χ2n) is 8.96. The van der Waals surface area contributed by atoms with E-state index in [9.17, 15) is 19.2 Å². The topological polar surface area (TPSA) is 102 Å². The van der Waals surface area contributed by atoms with Gasteiger partial charge in [-0.15, -0.1) is 0 Å². The number of aryl methyl sites for hydroxylation is 1. The van der Waals surface area contributed by atoms with E-state index >= 15 is 0 Å². The quantitative estimate of drug-likeness (QED) is 0.682. The van der Waals surface area contributed by atoms with Gasteiger partial charge in [0.1, 0.15) is 6.04 Å². The number of urea groups is 1. The Hall–Kier alpha value is -3.88. The average molecular weight is 462 g/mol. The lowest BCUT2D eigenvalue weighted by Crippen LogP contribution is -2.52. The molecule has 2 N–H and O–H groups in total. The first-order valence-corrected chi connectivity index (χ1v) is 11.5. The van der Waals surface area contributed by atoms with E-state index in [-0.39, 0.29) is 30.8 Å². The molecule has 3 aliphatic heterocycles. The maximum Gasteiger partial charge on any atom is 0.321 e. The largest absolute Gasteiger partial charge is 0.368 e. The Labute approximate surface area is 197 Å². The van der Waals surface area contributed by atoms with Crippen LogP contribution in [0.2, 0.25) is 0 Å². The second kappa shape index (κ2) is 8.81. The zero-order valence-electron chi connectivity index (χ0n) is 19.0. The smallest absolute Gasteiger partial charge is 0.321 e. The summed E-state index contributed by atoms with van der Waals surface area (Å²) in [5, 5.41) is 5.25. The van der Waals surface area contributed by atoms with Crippen molar-refractivity contribution in [3.05, 3.63) is 59.2 Å². The molecule has 1 unspecified atom stereocenters. The van der Waals surface area contributed by atoms with Crippen molar-refractivity contribution in [2.45, 2.75) is 32.4 Å². The van der Waals surface area contributed by atoms with Crippen LogP contribution < -0.4 is 15.5 Å². The highest BCUT2D eigenvalue weighted by Crippen LogP contribution is 2.29. The average Bonchev–Trinajstić information content (AvgIpc) is 3.15. The number of amides is 5. The summed E-state index contributed by atoms with van der Waals surface area (Å²) < 4.78 is 0. The first-order valence-electron chi connectivity index (χ1n) is 11.5. The highest BCUT2D eigenvalue weighted by atomic mass is 16.2. The zero-order chi connectivity index (χ0) is 23.8. The van der Waals surface area contributed by atoms with Gasteiger partial charge in [-0.1, -0.05) is 18.2 Å². The van der Waals surface area contributed by atoms with E-state index in [2.05, 4.69) is 34.6 Å². The fraction of sp³-hybridized carbons (Fsp3) is 0.360. The molecular formula is C25H27N5O4. The predicted molar refractivity (Wildman–Crippen MR) is 126 cm³/mol. The Bertz CT molecular complexity index is 1170. The van der Waals surface area contributed by atoms with Gasteiger partial charge in [0.15, 0.2) is 0 Å². The lowest BCUT2D eigenvalue weighted by molar-refractivity contribution is -0.136. The van der Waals surface area contributed by atoms with Crippen molar-refractivity contribution in [3.8, 4) is 0 Å². The van der Waals surface area contributed by atoms with Crippen molar-refractivity contribution in [1.29, 1.82) is 0 Å². The van der Waals surface area contributed by atoms with E-state index in [1.54, 1.807) is 23.1 Å².